The fraction of sp³-hybridized carbons (Fsp3) is 0.864. The van der Waals surface area contributed by atoms with E-state index in [1.165, 1.54) is 12.8 Å². The predicted molar refractivity (Wildman–Crippen MR) is 93.0 cm³/mol. The van der Waals surface area contributed by atoms with Crippen molar-refractivity contribution >= 4 is 5.97 Å². The van der Waals surface area contributed by atoms with Crippen LogP contribution >= 0.6 is 0 Å². The standard InChI is InChI=1S/C22H28O4/c1-22(2)14-8-15-19(20(26-22)18(14)24-15)25-21(23)13-7-11-6-12(13)17-10-4-3-9(5-10)16(11)17/h3-4,9-20H,5-8H2,1-2H3. The summed E-state index contributed by atoms with van der Waals surface area (Å²) >= 11 is 0. The summed E-state index contributed by atoms with van der Waals surface area (Å²) in [4.78, 5) is 13.1. The molecule has 0 spiro atoms. The molecule has 6 fully saturated rings. The summed E-state index contributed by atoms with van der Waals surface area (Å²) in [7, 11) is 0. The highest BCUT2D eigenvalue weighted by molar-refractivity contribution is 5.74. The van der Waals surface area contributed by atoms with Crippen molar-refractivity contribution in [3.63, 3.8) is 0 Å². The van der Waals surface area contributed by atoms with Gasteiger partial charge in [-0.1, -0.05) is 12.2 Å². The van der Waals surface area contributed by atoms with Crippen molar-refractivity contribution in [1.82, 2.24) is 0 Å². The highest BCUT2D eigenvalue weighted by atomic mass is 16.6. The summed E-state index contributed by atoms with van der Waals surface area (Å²) in [6, 6.07) is 0. The first-order valence-electron chi connectivity index (χ1n) is 10.7. The SMILES string of the molecule is CC1(C)OC2C(OC(=O)C3CC4CC3C3C5C=CC(C5)C43)C3CC1C2O3. The molecule has 12 unspecified atom stereocenters. The Bertz CT molecular complexity index is 713. The molecule has 0 aromatic rings. The van der Waals surface area contributed by atoms with Gasteiger partial charge in [0.1, 0.15) is 6.10 Å². The van der Waals surface area contributed by atoms with E-state index < -0.39 is 0 Å². The van der Waals surface area contributed by atoms with Gasteiger partial charge in [-0.2, -0.15) is 0 Å². The lowest BCUT2D eigenvalue weighted by Crippen LogP contribution is -2.43. The van der Waals surface area contributed by atoms with Crippen LogP contribution in [0.1, 0.15) is 39.5 Å². The smallest absolute Gasteiger partial charge is 0.309 e. The summed E-state index contributed by atoms with van der Waals surface area (Å²) in [6.45, 7) is 4.30. The zero-order valence-electron chi connectivity index (χ0n) is 15.5. The van der Waals surface area contributed by atoms with E-state index in [1.807, 2.05) is 0 Å². The van der Waals surface area contributed by atoms with Gasteiger partial charge in [0, 0.05) is 5.92 Å². The number of hydrogen-bond donors (Lipinski definition) is 0. The zero-order valence-corrected chi connectivity index (χ0v) is 15.5. The number of rotatable bonds is 2. The van der Waals surface area contributed by atoms with Gasteiger partial charge >= 0.3 is 5.97 Å². The summed E-state index contributed by atoms with van der Waals surface area (Å²) in [6.07, 6.45) is 9.49. The fourth-order valence-corrected chi connectivity index (χ4v) is 8.56. The Morgan fingerprint density at radius 2 is 1.85 bits per heavy atom. The van der Waals surface area contributed by atoms with Crippen molar-refractivity contribution in [3.05, 3.63) is 12.2 Å². The highest BCUT2D eigenvalue weighted by Gasteiger charge is 2.67. The lowest BCUT2D eigenvalue weighted by Gasteiger charge is -2.36. The zero-order chi connectivity index (χ0) is 17.4. The van der Waals surface area contributed by atoms with E-state index in [2.05, 4.69) is 26.0 Å². The van der Waals surface area contributed by atoms with Crippen LogP contribution in [0.2, 0.25) is 0 Å². The molecule has 12 atom stereocenters. The van der Waals surface area contributed by atoms with E-state index in [0.29, 0.717) is 11.8 Å². The molecule has 6 bridgehead atoms. The lowest BCUT2D eigenvalue weighted by molar-refractivity contribution is -0.166. The number of hydrogen-bond acceptors (Lipinski definition) is 4. The van der Waals surface area contributed by atoms with E-state index in [-0.39, 0.29) is 41.9 Å². The van der Waals surface area contributed by atoms with E-state index in [9.17, 15) is 4.79 Å². The molecule has 0 aromatic carbocycles. The van der Waals surface area contributed by atoms with Crippen molar-refractivity contribution < 1.29 is 19.0 Å². The molecule has 140 valence electrons. The largest absolute Gasteiger partial charge is 0.456 e. The van der Waals surface area contributed by atoms with Crippen LogP contribution in [0, 0.1) is 47.3 Å². The number of carbonyl (C=O) groups is 1. The number of fused-ring (bicyclic) bond motifs is 10. The first-order valence-corrected chi connectivity index (χ1v) is 10.7. The third kappa shape index (κ3) is 1.64. The van der Waals surface area contributed by atoms with E-state index >= 15 is 0 Å². The Labute approximate surface area is 154 Å². The van der Waals surface area contributed by atoms with Crippen LogP contribution < -0.4 is 0 Å². The Morgan fingerprint density at radius 1 is 1.04 bits per heavy atom. The fourth-order valence-electron chi connectivity index (χ4n) is 8.56. The summed E-state index contributed by atoms with van der Waals surface area (Å²) in [5.74, 6) is 5.11. The van der Waals surface area contributed by atoms with Gasteiger partial charge in [0.15, 0.2) is 6.10 Å². The first-order chi connectivity index (χ1) is 12.5. The second-order valence-corrected chi connectivity index (χ2v) is 10.7. The molecule has 0 amide bonds. The van der Waals surface area contributed by atoms with Crippen LogP contribution in [0.5, 0.6) is 0 Å². The summed E-state index contributed by atoms with van der Waals surface area (Å²) in [5, 5.41) is 0. The molecule has 7 rings (SSSR count). The normalized spacial score (nSPS) is 61.6. The third-order valence-electron chi connectivity index (χ3n) is 9.39. The molecule has 0 radical (unpaired) electrons. The van der Waals surface area contributed by atoms with E-state index in [1.54, 1.807) is 0 Å². The van der Waals surface area contributed by atoms with Gasteiger partial charge < -0.3 is 14.2 Å². The van der Waals surface area contributed by atoms with Crippen LogP contribution in [-0.4, -0.2) is 36.0 Å². The number of esters is 1. The van der Waals surface area contributed by atoms with Crippen LogP contribution in [0.15, 0.2) is 12.2 Å². The number of allylic oxidation sites excluding steroid dienone is 2. The molecule has 3 heterocycles. The topological polar surface area (TPSA) is 44.8 Å². The Balaban J connectivity index is 1.10. The molecular weight excluding hydrogens is 328 g/mol. The average Bonchev–Trinajstić information content (AvgIpc) is 3.39. The molecule has 0 N–H and O–H groups in total. The monoisotopic (exact) mass is 356 g/mol. The van der Waals surface area contributed by atoms with Gasteiger partial charge in [0.2, 0.25) is 0 Å². The van der Waals surface area contributed by atoms with Gasteiger partial charge in [0.25, 0.3) is 0 Å². The maximum absolute atomic E-state index is 13.1. The predicted octanol–water partition coefficient (Wildman–Crippen LogP) is 2.96. The summed E-state index contributed by atoms with van der Waals surface area (Å²) in [5.41, 5.74) is -0.152. The Hall–Kier alpha value is -0.870. The minimum atomic E-state index is -0.180. The molecule has 0 aromatic heterocycles. The number of ether oxygens (including phenoxy) is 3. The molecule has 26 heavy (non-hydrogen) atoms. The van der Waals surface area contributed by atoms with Crippen molar-refractivity contribution in [3.8, 4) is 0 Å². The molecule has 3 saturated carbocycles. The second kappa shape index (κ2) is 4.57. The molecule has 4 heteroatoms. The average molecular weight is 356 g/mol. The van der Waals surface area contributed by atoms with E-state index in [4.69, 9.17) is 14.2 Å². The maximum Gasteiger partial charge on any atom is 0.309 e. The van der Waals surface area contributed by atoms with Crippen molar-refractivity contribution in [2.45, 2.75) is 69.5 Å². The lowest BCUT2D eigenvalue weighted by atomic mass is 9.69. The van der Waals surface area contributed by atoms with Gasteiger partial charge in [-0.25, -0.2) is 0 Å². The van der Waals surface area contributed by atoms with Crippen LogP contribution in [0.3, 0.4) is 0 Å². The second-order valence-electron chi connectivity index (χ2n) is 10.7. The first kappa shape index (κ1) is 15.1. The van der Waals surface area contributed by atoms with Crippen LogP contribution in [-0.2, 0) is 19.0 Å². The molecule has 7 aliphatic rings. The van der Waals surface area contributed by atoms with Gasteiger partial charge in [0.05, 0.1) is 23.7 Å². The van der Waals surface area contributed by atoms with Gasteiger partial charge in [-0.05, 0) is 75.0 Å². The molecule has 3 aliphatic heterocycles. The summed E-state index contributed by atoms with van der Waals surface area (Å²) < 4.78 is 18.5. The molecule has 4 aliphatic carbocycles. The minimum Gasteiger partial charge on any atom is -0.456 e. The molecular formula is C22H28O4. The van der Waals surface area contributed by atoms with Crippen molar-refractivity contribution in [1.29, 1.82) is 0 Å². The van der Waals surface area contributed by atoms with E-state index in [0.717, 1.165) is 42.4 Å². The van der Waals surface area contributed by atoms with Crippen LogP contribution in [0.4, 0.5) is 0 Å². The van der Waals surface area contributed by atoms with Crippen molar-refractivity contribution in [2.75, 3.05) is 0 Å². The Morgan fingerprint density at radius 3 is 2.69 bits per heavy atom. The van der Waals surface area contributed by atoms with Gasteiger partial charge in [-0.15, -0.1) is 0 Å². The van der Waals surface area contributed by atoms with Crippen molar-refractivity contribution in [2.24, 2.45) is 47.3 Å². The Kier molecular flexibility index (Phi) is 2.66. The minimum absolute atomic E-state index is 0.0468. The third-order valence-corrected chi connectivity index (χ3v) is 9.39. The molecule has 3 saturated heterocycles. The van der Waals surface area contributed by atoms with Gasteiger partial charge in [-0.3, -0.25) is 4.79 Å². The highest BCUT2D eigenvalue weighted by Crippen LogP contribution is 2.67. The number of carbonyl (C=O) groups excluding carboxylic acids is 1. The quantitative estimate of drug-likeness (QED) is 0.433. The maximum atomic E-state index is 13.1. The van der Waals surface area contributed by atoms with Crippen LogP contribution in [0.25, 0.3) is 0 Å². The molecule has 4 nitrogen and oxygen atoms in total.